The molecule has 0 radical (unpaired) electrons. The van der Waals surface area contributed by atoms with Crippen molar-refractivity contribution in [3.63, 3.8) is 0 Å². The molecule has 0 aromatic heterocycles. The van der Waals surface area contributed by atoms with Gasteiger partial charge in [0.2, 0.25) is 6.41 Å². The minimum absolute atomic E-state index is 0.250. The average molecular weight is 236 g/mol. The van der Waals surface area contributed by atoms with Crippen molar-refractivity contribution < 1.29 is 4.79 Å². The fourth-order valence-electron chi connectivity index (χ4n) is 1.61. The van der Waals surface area contributed by atoms with Gasteiger partial charge in [-0.25, -0.2) is 0 Å². The molecule has 2 rings (SSSR count). The van der Waals surface area contributed by atoms with Crippen molar-refractivity contribution in [2.45, 2.75) is 33.1 Å². The molecule has 1 aliphatic heterocycles. The summed E-state index contributed by atoms with van der Waals surface area (Å²) in [6.45, 7) is 6.71. The van der Waals surface area contributed by atoms with Crippen LogP contribution in [0.5, 0.6) is 0 Å². The van der Waals surface area contributed by atoms with Gasteiger partial charge in [0.15, 0.2) is 0 Å². The van der Waals surface area contributed by atoms with E-state index in [1.807, 2.05) is 0 Å². The molecule has 0 bridgehead atoms. The van der Waals surface area contributed by atoms with E-state index in [-0.39, 0.29) is 6.41 Å². The van der Waals surface area contributed by atoms with Crippen LogP contribution in [0.2, 0.25) is 0 Å². The van der Waals surface area contributed by atoms with E-state index in [9.17, 15) is 0 Å². The van der Waals surface area contributed by atoms with Crippen molar-refractivity contribution in [3.8, 4) is 0 Å². The first-order valence-electron chi connectivity index (χ1n) is 6.10. The second kappa shape index (κ2) is 11.1. The number of primary amides is 1. The fourth-order valence-corrected chi connectivity index (χ4v) is 1.61. The Morgan fingerprint density at radius 3 is 1.76 bits per heavy atom. The topological polar surface area (TPSA) is 55.1 Å². The zero-order chi connectivity index (χ0) is 12.9. The van der Waals surface area contributed by atoms with Gasteiger partial charge in [-0.3, -0.25) is 4.79 Å². The van der Waals surface area contributed by atoms with Crippen molar-refractivity contribution in [1.29, 1.82) is 0 Å². The third-order valence-corrected chi connectivity index (χ3v) is 2.38. The Morgan fingerprint density at radius 2 is 1.59 bits per heavy atom. The first-order valence-corrected chi connectivity index (χ1v) is 6.10. The monoisotopic (exact) mass is 236 g/mol. The van der Waals surface area contributed by atoms with Crippen LogP contribution in [-0.2, 0) is 4.79 Å². The Labute approximate surface area is 104 Å². The number of nitrogens with one attached hydrogen (secondary N) is 1. The lowest BCUT2D eigenvalue weighted by Crippen LogP contribution is -2.21. The van der Waals surface area contributed by atoms with Crippen LogP contribution < -0.4 is 11.1 Å². The summed E-state index contributed by atoms with van der Waals surface area (Å²) in [5.74, 6) is 0. The summed E-state index contributed by atoms with van der Waals surface area (Å²) in [5.41, 5.74) is 6.84. The molecule has 17 heavy (non-hydrogen) atoms. The molecule has 1 aliphatic rings. The highest BCUT2D eigenvalue weighted by molar-refractivity contribution is 5.42. The third kappa shape index (κ3) is 10.9. The lowest BCUT2D eigenvalue weighted by Gasteiger charge is -2.08. The first kappa shape index (κ1) is 15.7. The van der Waals surface area contributed by atoms with E-state index < -0.39 is 0 Å². The highest BCUT2D eigenvalue weighted by Gasteiger charge is 1.93. The molecule has 0 saturated carbocycles. The Balaban J connectivity index is 0.000000252. The van der Waals surface area contributed by atoms with Crippen LogP contribution in [0.15, 0.2) is 24.3 Å². The number of rotatable bonds is 0. The minimum atomic E-state index is 0.250. The highest BCUT2D eigenvalue weighted by atomic mass is 16.1. The SMILES string of the molecule is C1CCNCC1.Cc1cccc(C)c1.NC=O. The maximum absolute atomic E-state index is 8.58. The first-order chi connectivity index (χ1) is 8.20. The van der Waals surface area contributed by atoms with Crippen LogP contribution in [0.4, 0.5) is 0 Å². The normalized spacial score (nSPS) is 13.5. The summed E-state index contributed by atoms with van der Waals surface area (Å²) in [6, 6.07) is 8.45. The lowest BCUT2D eigenvalue weighted by atomic mass is 10.2. The molecule has 1 amide bonds. The van der Waals surface area contributed by atoms with E-state index in [1.165, 1.54) is 43.5 Å². The number of nitrogens with two attached hydrogens (primary N) is 1. The second-order valence-corrected chi connectivity index (χ2v) is 4.10. The highest BCUT2D eigenvalue weighted by Crippen LogP contribution is 2.00. The number of hydrogen-bond donors (Lipinski definition) is 2. The lowest BCUT2D eigenvalue weighted by molar-refractivity contribution is -0.106. The number of hydrogen-bond acceptors (Lipinski definition) is 2. The van der Waals surface area contributed by atoms with E-state index in [1.54, 1.807) is 0 Å². The molecule has 1 heterocycles. The molecule has 1 saturated heterocycles. The standard InChI is InChI=1S/C8H10.C5H11N.CH3NO/c1-7-4-3-5-8(2)6-7;1-2-4-6-5-3-1;2-1-3/h3-6H,1-2H3;6H,1-5H2;1H,(H2,2,3). The number of carbonyl (C=O) groups excluding carboxylic acids is 1. The fraction of sp³-hybridized carbons (Fsp3) is 0.500. The van der Waals surface area contributed by atoms with Gasteiger partial charge in [-0.05, 0) is 39.8 Å². The van der Waals surface area contributed by atoms with Gasteiger partial charge in [0.1, 0.15) is 0 Å². The van der Waals surface area contributed by atoms with Gasteiger partial charge in [0.05, 0.1) is 0 Å². The van der Waals surface area contributed by atoms with Crippen molar-refractivity contribution in [2.24, 2.45) is 5.73 Å². The molecular formula is C14H24N2O. The predicted molar refractivity (Wildman–Crippen MR) is 72.9 cm³/mol. The van der Waals surface area contributed by atoms with Crippen LogP contribution >= 0.6 is 0 Å². The molecule has 1 fully saturated rings. The largest absolute Gasteiger partial charge is 0.372 e. The molecule has 0 aliphatic carbocycles. The Kier molecular flexibility index (Phi) is 10.3. The zero-order valence-electron chi connectivity index (χ0n) is 10.9. The van der Waals surface area contributed by atoms with Gasteiger partial charge in [-0.15, -0.1) is 0 Å². The molecule has 3 nitrogen and oxygen atoms in total. The third-order valence-electron chi connectivity index (χ3n) is 2.38. The van der Waals surface area contributed by atoms with Crippen LogP contribution in [0.3, 0.4) is 0 Å². The smallest absolute Gasteiger partial charge is 0.204 e. The summed E-state index contributed by atoms with van der Waals surface area (Å²) in [6.07, 6.45) is 4.47. The van der Waals surface area contributed by atoms with Crippen LogP contribution in [0.25, 0.3) is 0 Å². The van der Waals surface area contributed by atoms with Crippen molar-refractivity contribution >= 4 is 6.41 Å². The second-order valence-electron chi connectivity index (χ2n) is 4.10. The maximum atomic E-state index is 8.58. The Hall–Kier alpha value is -1.35. The van der Waals surface area contributed by atoms with E-state index in [4.69, 9.17) is 4.79 Å². The van der Waals surface area contributed by atoms with E-state index >= 15 is 0 Å². The van der Waals surface area contributed by atoms with Gasteiger partial charge in [0, 0.05) is 0 Å². The Morgan fingerprint density at radius 1 is 1.12 bits per heavy atom. The molecule has 0 spiro atoms. The van der Waals surface area contributed by atoms with Gasteiger partial charge in [-0.1, -0.05) is 41.8 Å². The molecule has 0 unspecified atom stereocenters. The molecular weight excluding hydrogens is 212 g/mol. The van der Waals surface area contributed by atoms with Crippen LogP contribution in [0, 0.1) is 13.8 Å². The van der Waals surface area contributed by atoms with E-state index in [2.05, 4.69) is 49.2 Å². The molecule has 96 valence electrons. The van der Waals surface area contributed by atoms with Crippen molar-refractivity contribution in [3.05, 3.63) is 35.4 Å². The van der Waals surface area contributed by atoms with E-state index in [0.29, 0.717) is 0 Å². The number of amides is 1. The predicted octanol–water partition coefficient (Wildman–Crippen LogP) is 2.16. The molecule has 3 N–H and O–H groups in total. The van der Waals surface area contributed by atoms with Crippen LogP contribution in [0.1, 0.15) is 30.4 Å². The van der Waals surface area contributed by atoms with Crippen LogP contribution in [-0.4, -0.2) is 19.5 Å². The summed E-state index contributed by atoms with van der Waals surface area (Å²) >= 11 is 0. The summed E-state index contributed by atoms with van der Waals surface area (Å²) < 4.78 is 0. The summed E-state index contributed by atoms with van der Waals surface area (Å²) in [4.78, 5) is 8.58. The zero-order valence-corrected chi connectivity index (χ0v) is 10.9. The summed E-state index contributed by atoms with van der Waals surface area (Å²) in [7, 11) is 0. The number of benzene rings is 1. The van der Waals surface area contributed by atoms with Gasteiger partial charge in [0.25, 0.3) is 0 Å². The quantitative estimate of drug-likeness (QED) is 0.678. The van der Waals surface area contributed by atoms with Crippen molar-refractivity contribution in [1.82, 2.24) is 5.32 Å². The number of piperidine rings is 1. The van der Waals surface area contributed by atoms with E-state index in [0.717, 1.165) is 0 Å². The number of carbonyl (C=O) groups is 1. The van der Waals surface area contributed by atoms with Gasteiger partial charge >= 0.3 is 0 Å². The molecule has 1 aromatic carbocycles. The Bertz CT molecular complexity index is 267. The van der Waals surface area contributed by atoms with Gasteiger partial charge < -0.3 is 11.1 Å². The minimum Gasteiger partial charge on any atom is -0.372 e. The van der Waals surface area contributed by atoms with Crippen molar-refractivity contribution in [2.75, 3.05) is 13.1 Å². The maximum Gasteiger partial charge on any atom is 0.204 e. The summed E-state index contributed by atoms with van der Waals surface area (Å²) in [5, 5.41) is 3.28. The number of aryl methyl sites for hydroxylation is 2. The van der Waals surface area contributed by atoms with Gasteiger partial charge in [-0.2, -0.15) is 0 Å². The molecule has 0 atom stereocenters. The molecule has 3 heteroatoms. The molecule has 1 aromatic rings. The average Bonchev–Trinajstić information content (AvgIpc) is 2.33.